The SMILES string of the molecule is c1ccc2cc3c(cc2c1)c1ccccc1n3-c1cccc2oc3cc(-c4nc5ccccc5o4)c4ccccc4c3c12. The Morgan fingerprint density at radius 2 is 1.19 bits per heavy atom. The Balaban J connectivity index is 1.35. The molecule has 3 heterocycles. The van der Waals surface area contributed by atoms with Crippen molar-refractivity contribution >= 4 is 76.4 Å². The van der Waals surface area contributed by atoms with Gasteiger partial charge >= 0.3 is 0 Å². The Bertz CT molecular complexity index is 2710. The average molecular weight is 551 g/mol. The molecule has 0 radical (unpaired) electrons. The maximum Gasteiger partial charge on any atom is 0.228 e. The van der Waals surface area contributed by atoms with E-state index in [9.17, 15) is 0 Å². The summed E-state index contributed by atoms with van der Waals surface area (Å²) in [5.41, 5.74) is 7.63. The van der Waals surface area contributed by atoms with E-state index < -0.39 is 0 Å². The van der Waals surface area contributed by atoms with Gasteiger partial charge in [0.05, 0.1) is 22.1 Å². The Labute approximate surface area is 245 Å². The van der Waals surface area contributed by atoms with Crippen LogP contribution in [0.15, 0.2) is 142 Å². The van der Waals surface area contributed by atoms with Gasteiger partial charge in [0.2, 0.25) is 5.89 Å². The molecule has 43 heavy (non-hydrogen) atoms. The van der Waals surface area contributed by atoms with Crippen molar-refractivity contribution in [3.8, 4) is 17.1 Å². The van der Waals surface area contributed by atoms with Crippen LogP contribution >= 0.6 is 0 Å². The van der Waals surface area contributed by atoms with Gasteiger partial charge in [-0.25, -0.2) is 4.98 Å². The Morgan fingerprint density at radius 1 is 0.465 bits per heavy atom. The summed E-state index contributed by atoms with van der Waals surface area (Å²) in [5.74, 6) is 0.592. The predicted octanol–water partition coefficient (Wildman–Crippen LogP) is 10.8. The Hall–Kier alpha value is -5.87. The van der Waals surface area contributed by atoms with Crippen molar-refractivity contribution in [3.63, 3.8) is 0 Å². The molecule has 4 heteroatoms. The van der Waals surface area contributed by atoms with E-state index in [4.69, 9.17) is 13.8 Å². The molecule has 7 aromatic carbocycles. The van der Waals surface area contributed by atoms with Crippen molar-refractivity contribution in [1.82, 2.24) is 9.55 Å². The van der Waals surface area contributed by atoms with Gasteiger partial charge in [-0.05, 0) is 70.1 Å². The normalized spacial score (nSPS) is 12.2. The highest BCUT2D eigenvalue weighted by molar-refractivity contribution is 6.25. The van der Waals surface area contributed by atoms with Crippen LogP contribution in [0.4, 0.5) is 0 Å². The summed E-state index contributed by atoms with van der Waals surface area (Å²) in [5, 5.41) is 9.29. The first kappa shape index (κ1) is 22.8. The second-order valence-corrected chi connectivity index (χ2v) is 11.2. The van der Waals surface area contributed by atoms with Crippen molar-refractivity contribution < 1.29 is 8.83 Å². The monoisotopic (exact) mass is 550 g/mol. The minimum Gasteiger partial charge on any atom is -0.456 e. The van der Waals surface area contributed by atoms with Crippen LogP contribution in [0.25, 0.3) is 93.5 Å². The summed E-state index contributed by atoms with van der Waals surface area (Å²) in [7, 11) is 0. The third-order valence-corrected chi connectivity index (χ3v) is 8.79. The molecule has 0 aliphatic rings. The highest BCUT2D eigenvalue weighted by Gasteiger charge is 2.22. The molecule has 0 saturated heterocycles. The molecular weight excluding hydrogens is 528 g/mol. The largest absolute Gasteiger partial charge is 0.456 e. The van der Waals surface area contributed by atoms with Gasteiger partial charge in [-0.15, -0.1) is 0 Å². The maximum absolute atomic E-state index is 6.65. The number of oxazole rings is 1. The molecule has 0 spiro atoms. The van der Waals surface area contributed by atoms with Crippen LogP contribution in [0.5, 0.6) is 0 Å². The lowest BCUT2D eigenvalue weighted by atomic mass is 9.98. The maximum atomic E-state index is 6.65. The molecule has 200 valence electrons. The zero-order valence-corrected chi connectivity index (χ0v) is 22.9. The lowest BCUT2D eigenvalue weighted by molar-refractivity contribution is 0.620. The van der Waals surface area contributed by atoms with Crippen LogP contribution < -0.4 is 0 Å². The highest BCUT2D eigenvalue weighted by Crippen LogP contribution is 2.44. The Kier molecular flexibility index (Phi) is 4.42. The lowest BCUT2D eigenvalue weighted by Crippen LogP contribution is -1.95. The number of furan rings is 1. The zero-order chi connectivity index (χ0) is 28.1. The van der Waals surface area contributed by atoms with Gasteiger partial charge in [-0.2, -0.15) is 0 Å². The topological polar surface area (TPSA) is 44.1 Å². The van der Waals surface area contributed by atoms with Crippen LogP contribution in [0.1, 0.15) is 0 Å². The highest BCUT2D eigenvalue weighted by atomic mass is 16.3. The number of aromatic nitrogens is 2. The standard InChI is InChI=1S/C39H22N2O2/c1-2-11-24-21-33-28(20-23(24)10-1)26-13-5-7-16-31(26)41(33)32-17-9-19-35-38(32)37-27-14-4-3-12-25(27)29(22-36(37)42-35)39-40-30-15-6-8-18-34(30)43-39/h1-22H. The third kappa shape index (κ3) is 3.12. The molecule has 0 amide bonds. The van der Waals surface area contributed by atoms with Crippen LogP contribution in [-0.2, 0) is 0 Å². The number of benzene rings is 7. The van der Waals surface area contributed by atoms with Gasteiger partial charge in [0.1, 0.15) is 16.7 Å². The lowest BCUT2D eigenvalue weighted by Gasteiger charge is -2.11. The first-order valence-electron chi connectivity index (χ1n) is 14.5. The van der Waals surface area contributed by atoms with Gasteiger partial charge in [0, 0.05) is 21.7 Å². The molecule has 10 aromatic rings. The van der Waals surface area contributed by atoms with E-state index in [1.54, 1.807) is 0 Å². The second-order valence-electron chi connectivity index (χ2n) is 11.2. The van der Waals surface area contributed by atoms with E-state index >= 15 is 0 Å². The number of nitrogens with zero attached hydrogens (tertiary/aromatic N) is 2. The number of hydrogen-bond donors (Lipinski definition) is 0. The molecule has 0 N–H and O–H groups in total. The molecule has 0 fully saturated rings. The van der Waals surface area contributed by atoms with Gasteiger partial charge in [0.25, 0.3) is 0 Å². The van der Waals surface area contributed by atoms with Gasteiger partial charge < -0.3 is 13.4 Å². The fourth-order valence-electron chi connectivity index (χ4n) is 6.93. The van der Waals surface area contributed by atoms with Gasteiger partial charge in [0.15, 0.2) is 5.58 Å². The van der Waals surface area contributed by atoms with Crippen LogP contribution in [-0.4, -0.2) is 9.55 Å². The molecule has 0 atom stereocenters. The van der Waals surface area contributed by atoms with Crippen molar-refractivity contribution in [2.45, 2.75) is 0 Å². The van der Waals surface area contributed by atoms with Crippen molar-refractivity contribution in [2.24, 2.45) is 0 Å². The predicted molar refractivity (Wildman–Crippen MR) is 176 cm³/mol. The van der Waals surface area contributed by atoms with E-state index in [1.807, 2.05) is 24.3 Å². The molecule has 3 aromatic heterocycles. The number of para-hydroxylation sites is 3. The smallest absolute Gasteiger partial charge is 0.228 e. The average Bonchev–Trinajstić information content (AvgIpc) is 3.75. The summed E-state index contributed by atoms with van der Waals surface area (Å²) in [4.78, 5) is 4.83. The second kappa shape index (κ2) is 8.34. The van der Waals surface area contributed by atoms with Crippen LogP contribution in [0, 0.1) is 0 Å². The van der Waals surface area contributed by atoms with E-state index in [0.717, 1.165) is 55.1 Å². The van der Waals surface area contributed by atoms with Crippen LogP contribution in [0.2, 0.25) is 0 Å². The Morgan fingerprint density at radius 3 is 2.07 bits per heavy atom. The summed E-state index contributed by atoms with van der Waals surface area (Å²) >= 11 is 0. The third-order valence-electron chi connectivity index (χ3n) is 8.79. The van der Waals surface area contributed by atoms with Crippen molar-refractivity contribution in [3.05, 3.63) is 133 Å². The molecule has 0 unspecified atom stereocenters. The molecule has 0 aliphatic carbocycles. The minimum absolute atomic E-state index is 0.592. The van der Waals surface area contributed by atoms with Crippen LogP contribution in [0.3, 0.4) is 0 Å². The van der Waals surface area contributed by atoms with Crippen molar-refractivity contribution in [2.75, 3.05) is 0 Å². The number of hydrogen-bond acceptors (Lipinski definition) is 3. The molecule has 0 bridgehead atoms. The molecule has 0 aliphatic heterocycles. The summed E-state index contributed by atoms with van der Waals surface area (Å²) in [6.07, 6.45) is 0. The molecule has 10 rings (SSSR count). The first-order valence-corrected chi connectivity index (χ1v) is 14.5. The molecule has 0 saturated carbocycles. The van der Waals surface area contributed by atoms with Crippen molar-refractivity contribution in [1.29, 1.82) is 0 Å². The number of fused-ring (bicyclic) bond motifs is 10. The molecular formula is C39H22N2O2. The first-order chi connectivity index (χ1) is 21.3. The van der Waals surface area contributed by atoms with E-state index in [2.05, 4.69) is 114 Å². The fourth-order valence-corrected chi connectivity index (χ4v) is 6.93. The number of rotatable bonds is 2. The quantitative estimate of drug-likeness (QED) is 0.215. The summed E-state index contributed by atoms with van der Waals surface area (Å²) in [6.45, 7) is 0. The fraction of sp³-hybridized carbons (Fsp3) is 0. The van der Waals surface area contributed by atoms with Gasteiger partial charge in [-0.3, -0.25) is 0 Å². The van der Waals surface area contributed by atoms with E-state index in [0.29, 0.717) is 5.89 Å². The molecule has 4 nitrogen and oxygen atoms in total. The zero-order valence-electron chi connectivity index (χ0n) is 22.9. The summed E-state index contributed by atoms with van der Waals surface area (Å²) < 4.78 is 15.3. The van der Waals surface area contributed by atoms with Gasteiger partial charge in [-0.1, -0.05) is 84.9 Å². The van der Waals surface area contributed by atoms with E-state index in [1.165, 1.54) is 32.6 Å². The summed E-state index contributed by atoms with van der Waals surface area (Å²) in [6, 6.07) is 46.7. The van der Waals surface area contributed by atoms with E-state index in [-0.39, 0.29) is 0 Å². The minimum atomic E-state index is 0.592.